The smallest absolute Gasteiger partial charge is 0.107 e. The summed E-state index contributed by atoms with van der Waals surface area (Å²) in [6.45, 7) is 2.94. The summed E-state index contributed by atoms with van der Waals surface area (Å²) in [6, 6.07) is 0. The van der Waals surface area contributed by atoms with E-state index in [1.165, 1.54) is 5.23 Å². The Morgan fingerprint density at radius 3 is 2.20 bits per heavy atom. The minimum absolute atomic E-state index is 0.463. The Labute approximate surface area is 62.4 Å². The molecule has 0 N–H and O–H groups in total. The van der Waals surface area contributed by atoms with Gasteiger partial charge in [0.15, 0.2) is 0 Å². The standard InChI is InChI=1S/C6H17N2O2/c1-6-8(3,4)10-7(2)9-5/h6H2,1-5H3/q+1. The lowest BCUT2D eigenvalue weighted by Gasteiger charge is -2.27. The average molecular weight is 149 g/mol. The monoisotopic (exact) mass is 149 g/mol. The van der Waals surface area contributed by atoms with Crippen LogP contribution in [0.1, 0.15) is 6.92 Å². The van der Waals surface area contributed by atoms with Gasteiger partial charge in [0.1, 0.15) is 20.6 Å². The molecule has 0 amide bonds. The van der Waals surface area contributed by atoms with Crippen LogP contribution in [0.25, 0.3) is 0 Å². The lowest BCUT2D eigenvalue weighted by atomic mass is 10.7. The van der Waals surface area contributed by atoms with Crippen LogP contribution in [0, 0.1) is 0 Å². The van der Waals surface area contributed by atoms with E-state index in [0.29, 0.717) is 4.65 Å². The van der Waals surface area contributed by atoms with E-state index in [0.717, 1.165) is 6.54 Å². The summed E-state index contributed by atoms with van der Waals surface area (Å²) in [5.74, 6) is 0. The van der Waals surface area contributed by atoms with E-state index in [9.17, 15) is 0 Å². The fraction of sp³-hybridized carbons (Fsp3) is 1.00. The van der Waals surface area contributed by atoms with Crippen LogP contribution < -0.4 is 0 Å². The maximum Gasteiger partial charge on any atom is 0.107 e. The maximum atomic E-state index is 5.28. The summed E-state index contributed by atoms with van der Waals surface area (Å²) in [5.41, 5.74) is 0. The molecule has 62 valence electrons. The molecule has 10 heavy (non-hydrogen) atoms. The number of nitrogens with zero attached hydrogens (tertiary/aromatic N) is 2. The molecular formula is C6H17N2O2+. The molecule has 0 atom stereocenters. The van der Waals surface area contributed by atoms with Gasteiger partial charge in [0.25, 0.3) is 0 Å². The van der Waals surface area contributed by atoms with Crippen LogP contribution in [0.3, 0.4) is 0 Å². The van der Waals surface area contributed by atoms with Gasteiger partial charge in [0.2, 0.25) is 0 Å². The molecule has 0 unspecified atom stereocenters. The minimum Gasteiger partial charge on any atom is -0.274 e. The van der Waals surface area contributed by atoms with Gasteiger partial charge in [-0.1, -0.05) is 4.94 Å². The van der Waals surface area contributed by atoms with Gasteiger partial charge in [-0.3, -0.25) is 4.84 Å². The van der Waals surface area contributed by atoms with E-state index in [-0.39, 0.29) is 0 Å². The highest BCUT2D eigenvalue weighted by atomic mass is 17.0. The van der Waals surface area contributed by atoms with E-state index < -0.39 is 0 Å². The fourth-order valence-corrected chi connectivity index (χ4v) is 0.402. The summed E-state index contributed by atoms with van der Waals surface area (Å²) < 4.78 is 0.463. The molecule has 4 heteroatoms. The second-order valence-electron chi connectivity index (χ2n) is 2.59. The molecule has 4 nitrogen and oxygen atoms in total. The third-order valence-electron chi connectivity index (χ3n) is 1.35. The highest BCUT2D eigenvalue weighted by Crippen LogP contribution is 1.99. The molecule has 0 heterocycles. The third kappa shape index (κ3) is 3.79. The first-order valence-corrected chi connectivity index (χ1v) is 3.32. The van der Waals surface area contributed by atoms with Crippen molar-refractivity contribution >= 4 is 0 Å². The van der Waals surface area contributed by atoms with Gasteiger partial charge in [-0.25, -0.2) is 0 Å². The van der Waals surface area contributed by atoms with Gasteiger partial charge in [-0.15, -0.1) is 0 Å². The summed E-state index contributed by atoms with van der Waals surface area (Å²) in [6.07, 6.45) is 0. The topological polar surface area (TPSA) is 21.7 Å². The lowest BCUT2D eigenvalue weighted by molar-refractivity contribution is -1.11. The molecule has 0 aromatic heterocycles. The van der Waals surface area contributed by atoms with Crippen molar-refractivity contribution in [2.45, 2.75) is 6.92 Å². The van der Waals surface area contributed by atoms with Crippen molar-refractivity contribution < 1.29 is 14.4 Å². The van der Waals surface area contributed by atoms with Crippen LogP contribution >= 0.6 is 0 Å². The van der Waals surface area contributed by atoms with Crippen LogP contribution in [-0.4, -0.2) is 44.7 Å². The molecule has 0 bridgehead atoms. The molecule has 0 saturated carbocycles. The molecule has 0 aromatic carbocycles. The third-order valence-corrected chi connectivity index (χ3v) is 1.35. The second-order valence-corrected chi connectivity index (χ2v) is 2.59. The second kappa shape index (κ2) is 3.88. The predicted molar refractivity (Wildman–Crippen MR) is 38.5 cm³/mol. The Hall–Kier alpha value is -0.160. The SMILES string of the molecule is CC[N+](C)(C)ON(C)OC. The maximum absolute atomic E-state index is 5.28. The molecule has 0 fully saturated rings. The zero-order valence-electron chi connectivity index (χ0n) is 7.42. The first kappa shape index (κ1) is 9.84. The first-order chi connectivity index (χ1) is 4.52. The van der Waals surface area contributed by atoms with Crippen molar-refractivity contribution in [2.24, 2.45) is 0 Å². The lowest BCUT2D eigenvalue weighted by Crippen LogP contribution is -2.44. The van der Waals surface area contributed by atoms with Crippen molar-refractivity contribution in [1.29, 1.82) is 0 Å². The van der Waals surface area contributed by atoms with Crippen LogP contribution in [0.15, 0.2) is 0 Å². The van der Waals surface area contributed by atoms with Crippen LogP contribution in [0.4, 0.5) is 0 Å². The van der Waals surface area contributed by atoms with Crippen LogP contribution in [-0.2, 0) is 9.78 Å². The van der Waals surface area contributed by atoms with Crippen molar-refractivity contribution in [3.05, 3.63) is 0 Å². The van der Waals surface area contributed by atoms with Gasteiger partial charge in [-0.05, 0) is 12.2 Å². The Bertz CT molecular complexity index is 95.7. The molecule has 0 radical (unpaired) electrons. The highest BCUT2D eigenvalue weighted by Gasteiger charge is 2.16. The molecule has 0 spiro atoms. The van der Waals surface area contributed by atoms with Crippen molar-refractivity contribution in [3.8, 4) is 0 Å². The Kier molecular flexibility index (Phi) is 3.81. The summed E-state index contributed by atoms with van der Waals surface area (Å²) >= 11 is 0. The Balaban J connectivity index is 3.64. The molecule has 0 saturated heterocycles. The van der Waals surface area contributed by atoms with Crippen molar-refractivity contribution in [2.75, 3.05) is 34.8 Å². The van der Waals surface area contributed by atoms with Crippen LogP contribution in [0.5, 0.6) is 0 Å². The molecule has 0 rings (SSSR count). The van der Waals surface area contributed by atoms with E-state index in [1.807, 2.05) is 21.0 Å². The van der Waals surface area contributed by atoms with E-state index in [1.54, 1.807) is 14.2 Å². The summed E-state index contributed by atoms with van der Waals surface area (Å²) in [7, 11) is 7.19. The Morgan fingerprint density at radius 1 is 1.40 bits per heavy atom. The van der Waals surface area contributed by atoms with E-state index >= 15 is 0 Å². The summed E-state index contributed by atoms with van der Waals surface area (Å²) in [4.78, 5) is 10.1. The van der Waals surface area contributed by atoms with Crippen LogP contribution in [0.2, 0.25) is 0 Å². The van der Waals surface area contributed by atoms with E-state index in [4.69, 9.17) is 9.78 Å². The number of rotatable bonds is 4. The molecule has 0 aliphatic carbocycles. The summed E-state index contributed by atoms with van der Waals surface area (Å²) in [5, 5.41) is 1.34. The molecule has 0 aliphatic heterocycles. The number of hydrogen-bond donors (Lipinski definition) is 0. The van der Waals surface area contributed by atoms with Gasteiger partial charge < -0.3 is 0 Å². The fourth-order valence-electron chi connectivity index (χ4n) is 0.402. The van der Waals surface area contributed by atoms with Gasteiger partial charge in [-0.2, -0.15) is 4.65 Å². The zero-order valence-corrected chi connectivity index (χ0v) is 7.42. The van der Waals surface area contributed by atoms with Crippen molar-refractivity contribution in [3.63, 3.8) is 0 Å². The number of quaternary nitrogens is 1. The quantitative estimate of drug-likeness (QED) is 0.427. The average Bonchev–Trinajstić information content (AvgIpc) is 1.87. The van der Waals surface area contributed by atoms with Gasteiger partial charge in [0, 0.05) is 7.05 Å². The largest absolute Gasteiger partial charge is 0.274 e. The molecule has 0 aromatic rings. The highest BCUT2D eigenvalue weighted by molar-refractivity contribution is 4.03. The molecular weight excluding hydrogens is 132 g/mol. The normalized spacial score (nSPS) is 12.6. The zero-order chi connectivity index (χ0) is 8.20. The van der Waals surface area contributed by atoms with Gasteiger partial charge >= 0.3 is 0 Å². The first-order valence-electron chi connectivity index (χ1n) is 3.32. The Morgan fingerprint density at radius 2 is 1.90 bits per heavy atom. The van der Waals surface area contributed by atoms with Crippen molar-refractivity contribution in [1.82, 2.24) is 5.23 Å². The minimum atomic E-state index is 0.463. The number of hydroxylamine groups is 5. The van der Waals surface area contributed by atoms with E-state index in [2.05, 4.69) is 0 Å². The van der Waals surface area contributed by atoms with Gasteiger partial charge in [0.05, 0.1) is 7.11 Å². The number of hydrogen-bond acceptors (Lipinski definition) is 3. The molecule has 0 aliphatic rings. The predicted octanol–water partition coefficient (Wildman–Crippen LogP) is 0.422.